The quantitative estimate of drug-likeness (QED) is 0.589. The van der Waals surface area contributed by atoms with Crippen LogP contribution in [0.5, 0.6) is 0 Å². The zero-order chi connectivity index (χ0) is 15.1. The monoisotopic (exact) mass is 288 g/mol. The maximum Gasteiger partial charge on any atom is 0.423 e. The number of nitro groups is 1. The lowest BCUT2D eigenvalue weighted by atomic mass is 9.94. The van der Waals surface area contributed by atoms with Crippen molar-refractivity contribution >= 4 is 11.6 Å². The molecule has 1 amide bonds. The van der Waals surface area contributed by atoms with Gasteiger partial charge in [0.25, 0.3) is 5.69 Å². The predicted octanol–water partition coefficient (Wildman–Crippen LogP) is 2.52. The number of halogens is 3. The van der Waals surface area contributed by atoms with Crippen LogP contribution >= 0.6 is 0 Å². The highest BCUT2D eigenvalue weighted by molar-refractivity contribution is 5.74. The number of carbonyl (C=O) groups is 1. The lowest BCUT2D eigenvalue weighted by molar-refractivity contribution is -0.389. The Morgan fingerprint density at radius 1 is 1.40 bits per heavy atom. The van der Waals surface area contributed by atoms with E-state index in [1.807, 2.05) is 0 Å². The Kier molecular flexibility index (Phi) is 3.41. The van der Waals surface area contributed by atoms with Gasteiger partial charge in [-0.1, -0.05) is 6.07 Å². The highest BCUT2D eigenvalue weighted by Crippen LogP contribution is 2.40. The molecule has 0 N–H and O–H groups in total. The number of alkyl halides is 3. The Hall–Kier alpha value is -2.12. The van der Waals surface area contributed by atoms with Crippen molar-refractivity contribution in [2.24, 2.45) is 0 Å². The molecule has 108 valence electrons. The third-order valence-electron chi connectivity index (χ3n) is 3.31. The minimum atomic E-state index is -4.80. The molecule has 0 saturated heterocycles. The standard InChI is InChI=1S/C12H11F3N2O3/c1-7(18)16-5-4-8-2-3-10(12(13,14)15)11(17(19)20)9(8)6-16/h2-3H,4-6H2,1H3. The zero-order valence-corrected chi connectivity index (χ0v) is 10.5. The lowest BCUT2D eigenvalue weighted by Gasteiger charge is -2.28. The zero-order valence-electron chi connectivity index (χ0n) is 10.5. The Morgan fingerprint density at radius 3 is 2.55 bits per heavy atom. The first-order valence-corrected chi connectivity index (χ1v) is 5.83. The minimum absolute atomic E-state index is 0.0220. The van der Waals surface area contributed by atoms with E-state index in [-0.39, 0.29) is 18.0 Å². The first kappa shape index (κ1) is 14.3. The van der Waals surface area contributed by atoms with Gasteiger partial charge in [0, 0.05) is 13.5 Å². The first-order valence-electron chi connectivity index (χ1n) is 5.83. The molecule has 1 aromatic rings. The molecule has 0 bridgehead atoms. The second-order valence-electron chi connectivity index (χ2n) is 4.54. The van der Waals surface area contributed by atoms with Gasteiger partial charge in [0.15, 0.2) is 0 Å². The molecule has 1 aliphatic rings. The Balaban J connectivity index is 2.61. The van der Waals surface area contributed by atoms with Gasteiger partial charge in [-0.3, -0.25) is 14.9 Å². The van der Waals surface area contributed by atoms with E-state index in [2.05, 4.69) is 0 Å². The number of amides is 1. The summed E-state index contributed by atoms with van der Waals surface area (Å²) in [7, 11) is 0. The second kappa shape index (κ2) is 4.77. The SMILES string of the molecule is CC(=O)N1CCc2ccc(C(F)(F)F)c([N+](=O)[O-])c2C1. The van der Waals surface area contributed by atoms with Crippen LogP contribution in [0.3, 0.4) is 0 Å². The van der Waals surface area contributed by atoms with Gasteiger partial charge in [0.2, 0.25) is 5.91 Å². The normalized spacial score (nSPS) is 14.9. The molecule has 0 radical (unpaired) electrons. The molecule has 0 fully saturated rings. The van der Waals surface area contributed by atoms with Gasteiger partial charge in [-0.2, -0.15) is 13.2 Å². The van der Waals surface area contributed by atoms with Crippen LogP contribution in [0.1, 0.15) is 23.6 Å². The second-order valence-corrected chi connectivity index (χ2v) is 4.54. The van der Waals surface area contributed by atoms with E-state index in [0.29, 0.717) is 18.5 Å². The number of nitrogens with zero attached hydrogens (tertiary/aromatic N) is 2. The molecule has 5 nitrogen and oxygen atoms in total. The summed E-state index contributed by atoms with van der Waals surface area (Å²) in [5.41, 5.74) is -1.75. The van der Waals surface area contributed by atoms with Crippen LogP contribution in [0.4, 0.5) is 18.9 Å². The molecule has 0 spiro atoms. The van der Waals surface area contributed by atoms with Crippen LogP contribution in [0.15, 0.2) is 12.1 Å². The van der Waals surface area contributed by atoms with Crippen LogP contribution in [0, 0.1) is 10.1 Å². The summed E-state index contributed by atoms with van der Waals surface area (Å²) in [6, 6.07) is 1.99. The third kappa shape index (κ3) is 2.45. The molecule has 1 heterocycles. The van der Waals surface area contributed by atoms with E-state index < -0.39 is 22.4 Å². The Morgan fingerprint density at radius 2 is 2.05 bits per heavy atom. The minimum Gasteiger partial charge on any atom is -0.338 e. The number of nitro benzene ring substituents is 1. The smallest absolute Gasteiger partial charge is 0.338 e. The molecule has 8 heteroatoms. The maximum absolute atomic E-state index is 12.8. The fourth-order valence-electron chi connectivity index (χ4n) is 2.32. The van der Waals surface area contributed by atoms with Gasteiger partial charge in [-0.15, -0.1) is 0 Å². The van der Waals surface area contributed by atoms with E-state index in [4.69, 9.17) is 0 Å². The van der Waals surface area contributed by atoms with Gasteiger partial charge < -0.3 is 4.90 Å². The molecule has 2 rings (SSSR count). The number of hydrogen-bond donors (Lipinski definition) is 0. The van der Waals surface area contributed by atoms with Crippen molar-refractivity contribution in [2.75, 3.05) is 6.54 Å². The highest BCUT2D eigenvalue weighted by Gasteiger charge is 2.41. The van der Waals surface area contributed by atoms with Crippen molar-refractivity contribution in [2.45, 2.75) is 26.1 Å². The summed E-state index contributed by atoms with van der Waals surface area (Å²) in [5.74, 6) is -0.317. The van der Waals surface area contributed by atoms with Crippen LogP contribution in [0.2, 0.25) is 0 Å². The van der Waals surface area contributed by atoms with Crippen molar-refractivity contribution in [3.8, 4) is 0 Å². The average molecular weight is 288 g/mol. The summed E-state index contributed by atoms with van der Waals surface area (Å²) < 4.78 is 38.5. The van der Waals surface area contributed by atoms with Gasteiger partial charge in [0.1, 0.15) is 5.56 Å². The average Bonchev–Trinajstić information content (AvgIpc) is 2.35. The third-order valence-corrected chi connectivity index (χ3v) is 3.31. The first-order chi connectivity index (χ1) is 9.21. The molecular formula is C12H11F3N2O3. The molecule has 0 saturated carbocycles. The van der Waals surface area contributed by atoms with Gasteiger partial charge in [-0.05, 0) is 18.1 Å². The lowest BCUT2D eigenvalue weighted by Crippen LogP contribution is -2.35. The number of rotatable bonds is 1. The van der Waals surface area contributed by atoms with Crippen LogP contribution in [-0.4, -0.2) is 22.3 Å². The van der Waals surface area contributed by atoms with E-state index in [0.717, 1.165) is 6.07 Å². The molecule has 0 aliphatic carbocycles. The number of benzene rings is 1. The van der Waals surface area contributed by atoms with E-state index in [1.165, 1.54) is 17.9 Å². The number of carbonyl (C=O) groups excluding carboxylic acids is 1. The van der Waals surface area contributed by atoms with E-state index >= 15 is 0 Å². The summed E-state index contributed by atoms with van der Waals surface area (Å²) >= 11 is 0. The van der Waals surface area contributed by atoms with Crippen molar-refractivity contribution in [1.29, 1.82) is 0 Å². The van der Waals surface area contributed by atoms with Crippen molar-refractivity contribution in [3.63, 3.8) is 0 Å². The summed E-state index contributed by atoms with van der Waals surface area (Å²) in [4.78, 5) is 22.6. The molecule has 1 aliphatic heterocycles. The summed E-state index contributed by atoms with van der Waals surface area (Å²) in [5, 5.41) is 11.0. The van der Waals surface area contributed by atoms with Crippen LogP contribution in [-0.2, 0) is 23.9 Å². The molecular weight excluding hydrogens is 277 g/mol. The maximum atomic E-state index is 12.8. The predicted molar refractivity (Wildman–Crippen MR) is 62.9 cm³/mol. The van der Waals surface area contributed by atoms with E-state index in [1.54, 1.807) is 0 Å². The number of hydrogen-bond acceptors (Lipinski definition) is 3. The van der Waals surface area contributed by atoms with Crippen LogP contribution < -0.4 is 0 Å². The molecule has 0 atom stereocenters. The van der Waals surface area contributed by atoms with Gasteiger partial charge in [0.05, 0.1) is 17.0 Å². The molecule has 20 heavy (non-hydrogen) atoms. The van der Waals surface area contributed by atoms with E-state index in [9.17, 15) is 28.1 Å². The molecule has 0 aromatic heterocycles. The van der Waals surface area contributed by atoms with Gasteiger partial charge >= 0.3 is 6.18 Å². The fraction of sp³-hybridized carbons (Fsp3) is 0.417. The van der Waals surface area contributed by atoms with Crippen LogP contribution in [0.25, 0.3) is 0 Å². The fourth-order valence-corrected chi connectivity index (χ4v) is 2.32. The molecule has 1 aromatic carbocycles. The topological polar surface area (TPSA) is 63.5 Å². The largest absolute Gasteiger partial charge is 0.423 e. The Bertz CT molecular complexity index is 584. The number of fused-ring (bicyclic) bond motifs is 1. The summed E-state index contributed by atoms with van der Waals surface area (Å²) in [6.07, 6.45) is -4.48. The van der Waals surface area contributed by atoms with Crippen molar-refractivity contribution < 1.29 is 22.9 Å². The summed E-state index contributed by atoms with van der Waals surface area (Å²) in [6.45, 7) is 1.47. The Labute approximate surface area is 112 Å². The van der Waals surface area contributed by atoms with Gasteiger partial charge in [-0.25, -0.2) is 0 Å². The van der Waals surface area contributed by atoms with Crippen molar-refractivity contribution in [3.05, 3.63) is 38.9 Å². The van der Waals surface area contributed by atoms with Crippen molar-refractivity contribution in [1.82, 2.24) is 4.90 Å². The molecule has 0 unspecified atom stereocenters. The highest BCUT2D eigenvalue weighted by atomic mass is 19.4.